The van der Waals surface area contributed by atoms with Crippen molar-refractivity contribution in [2.45, 2.75) is 19.9 Å². The molecule has 0 aromatic heterocycles. The van der Waals surface area contributed by atoms with Crippen molar-refractivity contribution in [3.05, 3.63) is 30.1 Å². The lowest BCUT2D eigenvalue weighted by Crippen LogP contribution is -2.46. The van der Waals surface area contributed by atoms with Crippen LogP contribution < -0.4 is 10.6 Å². The van der Waals surface area contributed by atoms with Crippen molar-refractivity contribution in [1.82, 2.24) is 5.32 Å². The van der Waals surface area contributed by atoms with Crippen LogP contribution in [0.2, 0.25) is 0 Å². The van der Waals surface area contributed by atoms with Gasteiger partial charge in [-0.15, -0.1) is 0 Å². The van der Waals surface area contributed by atoms with Gasteiger partial charge < -0.3 is 15.7 Å². The summed E-state index contributed by atoms with van der Waals surface area (Å²) in [5, 5.41) is 13.4. The molecule has 6 heteroatoms. The summed E-state index contributed by atoms with van der Waals surface area (Å²) < 4.78 is 13.2. The lowest BCUT2D eigenvalue weighted by Gasteiger charge is -2.18. The number of hydrogen-bond acceptors (Lipinski definition) is 2. The number of halogens is 1. The molecular weight excluding hydrogens is 239 g/mol. The summed E-state index contributed by atoms with van der Waals surface area (Å²) in [7, 11) is 0. The Labute approximate surface area is 104 Å². The van der Waals surface area contributed by atoms with E-state index in [1.54, 1.807) is 19.9 Å². The largest absolute Gasteiger partial charge is 0.480 e. The normalized spacial score (nSPS) is 12.0. The topological polar surface area (TPSA) is 78.4 Å². The van der Waals surface area contributed by atoms with E-state index in [0.29, 0.717) is 0 Å². The molecule has 0 saturated heterocycles. The monoisotopic (exact) mass is 254 g/mol. The van der Waals surface area contributed by atoms with E-state index in [9.17, 15) is 14.0 Å². The van der Waals surface area contributed by atoms with Gasteiger partial charge in [0.1, 0.15) is 11.9 Å². The molecule has 18 heavy (non-hydrogen) atoms. The van der Waals surface area contributed by atoms with Crippen LogP contribution in [0.1, 0.15) is 13.8 Å². The van der Waals surface area contributed by atoms with Gasteiger partial charge in [0.05, 0.1) is 5.69 Å². The Morgan fingerprint density at radius 2 is 1.89 bits per heavy atom. The third-order valence-electron chi connectivity index (χ3n) is 2.34. The fourth-order valence-electron chi connectivity index (χ4n) is 1.38. The van der Waals surface area contributed by atoms with Crippen molar-refractivity contribution in [3.63, 3.8) is 0 Å². The molecular formula is C12H15FN2O3. The maximum Gasteiger partial charge on any atom is 0.326 e. The predicted octanol–water partition coefficient (Wildman–Crippen LogP) is 2.06. The number of rotatable bonds is 4. The lowest BCUT2D eigenvalue weighted by molar-refractivity contribution is -0.140. The van der Waals surface area contributed by atoms with E-state index in [4.69, 9.17) is 5.11 Å². The van der Waals surface area contributed by atoms with Gasteiger partial charge in [-0.05, 0) is 18.1 Å². The first kappa shape index (κ1) is 14.0. The Morgan fingerprint density at radius 1 is 1.28 bits per heavy atom. The lowest BCUT2D eigenvalue weighted by atomic mass is 10.1. The van der Waals surface area contributed by atoms with Crippen molar-refractivity contribution in [1.29, 1.82) is 0 Å². The average Bonchev–Trinajstić information content (AvgIpc) is 2.28. The summed E-state index contributed by atoms with van der Waals surface area (Å²) in [6.07, 6.45) is 0. The number of aliphatic carboxylic acids is 1. The van der Waals surface area contributed by atoms with Crippen LogP contribution in [0.25, 0.3) is 0 Å². The Kier molecular flexibility index (Phi) is 4.65. The molecule has 2 amide bonds. The molecule has 1 aromatic rings. The third kappa shape index (κ3) is 3.73. The van der Waals surface area contributed by atoms with Crippen LogP contribution in [0, 0.1) is 11.7 Å². The number of carbonyl (C=O) groups excluding carboxylic acids is 1. The molecule has 0 bridgehead atoms. The maximum absolute atomic E-state index is 13.2. The van der Waals surface area contributed by atoms with Crippen LogP contribution in [0.4, 0.5) is 14.9 Å². The van der Waals surface area contributed by atoms with Gasteiger partial charge in [-0.25, -0.2) is 14.0 Å². The van der Waals surface area contributed by atoms with Gasteiger partial charge in [0.25, 0.3) is 0 Å². The molecule has 1 aromatic carbocycles. The molecule has 0 aliphatic rings. The van der Waals surface area contributed by atoms with Crippen LogP contribution >= 0.6 is 0 Å². The average molecular weight is 254 g/mol. The molecule has 0 fully saturated rings. The van der Waals surface area contributed by atoms with E-state index < -0.39 is 23.9 Å². The fraction of sp³-hybridized carbons (Fsp3) is 0.333. The molecule has 0 saturated carbocycles. The molecule has 0 unspecified atom stereocenters. The molecule has 0 aliphatic heterocycles. The minimum Gasteiger partial charge on any atom is -0.480 e. The van der Waals surface area contributed by atoms with Crippen LogP contribution in [-0.4, -0.2) is 23.1 Å². The standard InChI is InChI=1S/C12H15FN2O3/c1-7(2)10(11(16)17)15-12(18)14-9-6-4-3-5-8(9)13/h3-7,10H,1-2H3,(H,16,17)(H2,14,15,18)/t10-/m1/s1. The van der Waals surface area contributed by atoms with Gasteiger partial charge in [-0.1, -0.05) is 26.0 Å². The molecule has 0 spiro atoms. The fourth-order valence-corrected chi connectivity index (χ4v) is 1.38. The maximum atomic E-state index is 13.2. The number of carboxylic acid groups (broad SMARTS) is 1. The molecule has 0 aliphatic carbocycles. The van der Waals surface area contributed by atoms with Gasteiger partial charge >= 0.3 is 12.0 Å². The summed E-state index contributed by atoms with van der Waals surface area (Å²) >= 11 is 0. The number of nitrogens with one attached hydrogen (secondary N) is 2. The van der Waals surface area contributed by atoms with E-state index in [0.717, 1.165) is 0 Å². The highest BCUT2D eigenvalue weighted by molar-refractivity contribution is 5.92. The van der Waals surface area contributed by atoms with E-state index >= 15 is 0 Å². The zero-order chi connectivity index (χ0) is 13.7. The van der Waals surface area contributed by atoms with Gasteiger partial charge in [-0.2, -0.15) is 0 Å². The molecule has 0 heterocycles. The number of hydrogen-bond donors (Lipinski definition) is 3. The zero-order valence-corrected chi connectivity index (χ0v) is 10.1. The second-order valence-electron chi connectivity index (χ2n) is 4.14. The van der Waals surface area contributed by atoms with Crippen LogP contribution in [0.5, 0.6) is 0 Å². The molecule has 3 N–H and O–H groups in total. The summed E-state index contributed by atoms with van der Waals surface area (Å²) in [4.78, 5) is 22.4. The number of carbonyl (C=O) groups is 2. The van der Waals surface area contributed by atoms with E-state index in [2.05, 4.69) is 10.6 Å². The number of para-hydroxylation sites is 1. The Morgan fingerprint density at radius 3 is 2.39 bits per heavy atom. The minimum absolute atomic E-state index is 0.00268. The second kappa shape index (κ2) is 6.00. The molecule has 98 valence electrons. The number of carboxylic acids is 1. The summed E-state index contributed by atoms with van der Waals surface area (Å²) in [5.41, 5.74) is 0.00268. The minimum atomic E-state index is -1.13. The van der Waals surface area contributed by atoms with Gasteiger partial charge in [-0.3, -0.25) is 0 Å². The molecule has 0 radical (unpaired) electrons. The first-order chi connectivity index (χ1) is 8.41. The third-order valence-corrected chi connectivity index (χ3v) is 2.34. The Balaban J connectivity index is 2.67. The molecule has 1 rings (SSSR count). The van der Waals surface area contributed by atoms with Crippen LogP contribution in [0.15, 0.2) is 24.3 Å². The van der Waals surface area contributed by atoms with Crippen molar-refractivity contribution >= 4 is 17.7 Å². The van der Waals surface area contributed by atoms with Gasteiger partial charge in [0.2, 0.25) is 0 Å². The van der Waals surface area contributed by atoms with Crippen molar-refractivity contribution in [3.8, 4) is 0 Å². The van der Waals surface area contributed by atoms with Gasteiger partial charge in [0.15, 0.2) is 0 Å². The number of anilines is 1. The first-order valence-electron chi connectivity index (χ1n) is 5.46. The van der Waals surface area contributed by atoms with Crippen molar-refractivity contribution in [2.75, 3.05) is 5.32 Å². The highest BCUT2D eigenvalue weighted by Gasteiger charge is 2.23. The highest BCUT2D eigenvalue weighted by Crippen LogP contribution is 2.12. The number of amides is 2. The summed E-state index contributed by atoms with van der Waals surface area (Å²) in [5.74, 6) is -1.98. The number of urea groups is 1. The van der Waals surface area contributed by atoms with E-state index in [-0.39, 0.29) is 11.6 Å². The van der Waals surface area contributed by atoms with Crippen molar-refractivity contribution in [2.24, 2.45) is 5.92 Å². The van der Waals surface area contributed by atoms with Crippen LogP contribution in [-0.2, 0) is 4.79 Å². The second-order valence-corrected chi connectivity index (χ2v) is 4.14. The highest BCUT2D eigenvalue weighted by atomic mass is 19.1. The number of benzene rings is 1. The Bertz CT molecular complexity index is 449. The Hall–Kier alpha value is -2.11. The SMILES string of the molecule is CC(C)[C@@H](NC(=O)Nc1ccccc1F)C(=O)O. The smallest absolute Gasteiger partial charge is 0.326 e. The summed E-state index contributed by atoms with van der Waals surface area (Å²) in [6.45, 7) is 3.34. The molecule has 5 nitrogen and oxygen atoms in total. The van der Waals surface area contributed by atoms with Crippen LogP contribution in [0.3, 0.4) is 0 Å². The first-order valence-corrected chi connectivity index (χ1v) is 5.46. The zero-order valence-electron chi connectivity index (χ0n) is 10.1. The molecule has 1 atom stereocenters. The van der Waals surface area contributed by atoms with Crippen molar-refractivity contribution < 1.29 is 19.1 Å². The van der Waals surface area contributed by atoms with E-state index in [1.807, 2.05) is 0 Å². The predicted molar refractivity (Wildman–Crippen MR) is 64.8 cm³/mol. The quantitative estimate of drug-likeness (QED) is 0.769. The van der Waals surface area contributed by atoms with E-state index in [1.165, 1.54) is 18.2 Å². The van der Waals surface area contributed by atoms with Gasteiger partial charge in [0, 0.05) is 0 Å². The summed E-state index contributed by atoms with van der Waals surface area (Å²) in [6, 6.07) is 3.88.